The molecule has 1 aliphatic rings. The minimum atomic E-state index is -1.31. The lowest BCUT2D eigenvalue weighted by molar-refractivity contribution is 0.0682. The zero-order valence-corrected chi connectivity index (χ0v) is 28.4. The smallest absolute Gasteiger partial charge is 0.339 e. The Labute approximate surface area is 313 Å². The lowest BCUT2D eigenvalue weighted by Crippen LogP contribution is -2.36. The molecule has 0 atom stereocenters. The average molecular weight is 762 g/mol. The molecular formula is C35H27N11O10. The number of nitrogens with zero attached hydrogens (tertiary/aromatic N) is 8. The van der Waals surface area contributed by atoms with E-state index in [9.17, 15) is 44.7 Å². The van der Waals surface area contributed by atoms with E-state index in [1.165, 1.54) is 87.3 Å². The highest BCUT2D eigenvalue weighted by Gasteiger charge is 2.22. The molecule has 21 heteroatoms. The number of phenols is 3. The Balaban J connectivity index is 1.14. The first kappa shape index (κ1) is 36.0. The molecule has 0 aliphatic carbocycles. The molecule has 1 aliphatic heterocycles. The fourth-order valence-electron chi connectivity index (χ4n) is 5.50. The van der Waals surface area contributed by atoms with E-state index >= 15 is 0 Å². The summed E-state index contributed by atoms with van der Waals surface area (Å²) >= 11 is 0. The number of anilines is 1. The van der Waals surface area contributed by atoms with E-state index in [1.807, 2.05) is 0 Å². The monoisotopic (exact) mass is 761 g/mol. The summed E-state index contributed by atoms with van der Waals surface area (Å²) in [6.07, 6.45) is 4.84. The number of aromatic nitrogens is 7. The number of hydrazine groups is 2. The van der Waals surface area contributed by atoms with Crippen LogP contribution in [0.25, 0.3) is 28.5 Å². The van der Waals surface area contributed by atoms with Crippen LogP contribution in [0.15, 0.2) is 85.3 Å². The Morgan fingerprint density at radius 3 is 1.77 bits per heavy atom. The van der Waals surface area contributed by atoms with Gasteiger partial charge in [0.15, 0.2) is 0 Å². The predicted molar refractivity (Wildman–Crippen MR) is 191 cm³/mol. The summed E-state index contributed by atoms with van der Waals surface area (Å²) in [5, 5.41) is 78.8. The second-order valence-corrected chi connectivity index (χ2v) is 12.0. The second-order valence-electron chi connectivity index (χ2n) is 12.0. The third-order valence-electron chi connectivity index (χ3n) is 8.34. The average Bonchev–Trinajstić information content (AvgIpc) is 3.96. The van der Waals surface area contributed by atoms with Gasteiger partial charge in [-0.15, -0.1) is 15.7 Å². The fraction of sp³-hybridized carbons (Fsp3) is 0.0571. The number of hydrogen-bond acceptors (Lipinski definition) is 15. The maximum Gasteiger partial charge on any atom is 0.339 e. The number of amides is 1. The molecule has 0 saturated carbocycles. The Bertz CT molecular complexity index is 2600. The van der Waals surface area contributed by atoms with Gasteiger partial charge >= 0.3 is 17.9 Å². The summed E-state index contributed by atoms with van der Waals surface area (Å²) in [5.74, 6) is -5.77. The van der Waals surface area contributed by atoms with E-state index in [1.54, 1.807) is 12.4 Å². The van der Waals surface area contributed by atoms with E-state index in [0.29, 0.717) is 28.5 Å². The maximum atomic E-state index is 13.6. The van der Waals surface area contributed by atoms with Gasteiger partial charge in [0.1, 0.15) is 39.6 Å². The van der Waals surface area contributed by atoms with Crippen LogP contribution in [0.5, 0.6) is 17.2 Å². The minimum Gasteiger partial charge on any atom is -0.507 e. The van der Waals surface area contributed by atoms with Gasteiger partial charge in [0.2, 0.25) is 0 Å². The van der Waals surface area contributed by atoms with Crippen LogP contribution in [-0.2, 0) is 6.42 Å². The van der Waals surface area contributed by atoms with Crippen molar-refractivity contribution in [3.8, 4) is 40.0 Å². The first-order valence-corrected chi connectivity index (χ1v) is 16.2. The number of hydrogen-bond donors (Lipinski definition) is 9. The van der Waals surface area contributed by atoms with Crippen LogP contribution in [0.2, 0.25) is 0 Å². The quantitative estimate of drug-likeness (QED) is 0.0860. The number of carboxylic acids is 3. The lowest BCUT2D eigenvalue weighted by Gasteiger charge is -2.15. The molecule has 9 N–H and O–H groups in total. The summed E-state index contributed by atoms with van der Waals surface area (Å²) in [6, 6.07) is 14.7. The number of rotatable bonds is 12. The normalized spacial score (nSPS) is 12.2. The van der Waals surface area contributed by atoms with Crippen molar-refractivity contribution in [2.24, 2.45) is 0 Å². The van der Waals surface area contributed by atoms with Gasteiger partial charge in [0.05, 0.1) is 58.4 Å². The molecular weight excluding hydrogens is 734 g/mol. The third kappa shape index (κ3) is 7.31. The number of carbonyl (C=O) groups is 4. The van der Waals surface area contributed by atoms with Crippen molar-refractivity contribution in [3.05, 3.63) is 119 Å². The molecule has 3 aromatic heterocycles. The molecule has 282 valence electrons. The van der Waals surface area contributed by atoms with Gasteiger partial charge in [-0.25, -0.2) is 28.7 Å². The minimum absolute atomic E-state index is 0.117. The number of pyridine rings is 1. The molecule has 3 aromatic carbocycles. The molecule has 0 fully saturated rings. The number of nitrogens with one attached hydrogen (secondary N) is 3. The first-order valence-electron chi connectivity index (χ1n) is 16.2. The third-order valence-corrected chi connectivity index (χ3v) is 8.34. The van der Waals surface area contributed by atoms with E-state index in [4.69, 9.17) is 5.11 Å². The van der Waals surface area contributed by atoms with Crippen molar-refractivity contribution in [3.63, 3.8) is 0 Å². The van der Waals surface area contributed by atoms with Gasteiger partial charge in [-0.1, -0.05) is 10.4 Å². The van der Waals surface area contributed by atoms with Crippen LogP contribution in [-0.4, -0.2) is 96.0 Å². The Morgan fingerprint density at radius 2 is 1.18 bits per heavy atom. The summed E-state index contributed by atoms with van der Waals surface area (Å²) in [7, 11) is 0. The van der Waals surface area contributed by atoms with Crippen LogP contribution in [0, 0.1) is 0 Å². The van der Waals surface area contributed by atoms with Gasteiger partial charge < -0.3 is 36.0 Å². The standard InChI is InChI=1S/C35H27N11O10/c47-29-11-19(1-4-22(29)33(51)52)44-14-18(38-41-44)7-8-36-32(50)17-9-25(27-15-45(42-39-27)20-2-5-23(34(53)54)30(48)12-20)37-26(10-17)28-16-46(43-40-28)21-3-6-24(35(55)56)31(49)13-21/h1-6,9-16,39,42,47-49H,7-8H2,(H,36,50)(H,51,52)(H,53,54)(H,55,56). The molecule has 0 bridgehead atoms. The van der Waals surface area contributed by atoms with Crippen molar-refractivity contribution in [2.45, 2.75) is 6.42 Å². The van der Waals surface area contributed by atoms with Crippen molar-refractivity contribution in [2.75, 3.05) is 11.6 Å². The molecule has 1 amide bonds. The summed E-state index contributed by atoms with van der Waals surface area (Å²) < 4.78 is 2.63. The SMILES string of the molecule is O=C(NCCc1cn(-c2ccc(C(=O)O)c(O)c2)nn1)c1cc(C2=CN(c3ccc(C(=O)O)c(O)c3)NN2)nc(-c2cn(-c3ccc(C(=O)O)c(O)c3)nn2)c1. The molecule has 0 radical (unpaired) electrons. The van der Waals surface area contributed by atoms with Crippen LogP contribution in [0.3, 0.4) is 0 Å². The van der Waals surface area contributed by atoms with Gasteiger partial charge in [-0.2, -0.15) is 0 Å². The highest BCUT2D eigenvalue weighted by molar-refractivity contribution is 5.96. The first-order chi connectivity index (χ1) is 26.8. The Morgan fingerprint density at radius 1 is 0.643 bits per heavy atom. The van der Waals surface area contributed by atoms with Crippen molar-refractivity contribution in [1.29, 1.82) is 0 Å². The van der Waals surface area contributed by atoms with E-state index in [-0.39, 0.29) is 52.3 Å². The number of carbonyl (C=O) groups excluding carboxylic acids is 1. The highest BCUT2D eigenvalue weighted by atomic mass is 16.4. The zero-order chi connectivity index (χ0) is 39.7. The maximum absolute atomic E-state index is 13.6. The number of aromatic hydroxyl groups is 3. The second kappa shape index (κ2) is 14.6. The van der Waals surface area contributed by atoms with E-state index < -0.39 is 41.1 Å². The van der Waals surface area contributed by atoms with Crippen LogP contribution in [0.1, 0.15) is 52.8 Å². The largest absolute Gasteiger partial charge is 0.507 e. The number of carboxylic acid groups (broad SMARTS) is 3. The van der Waals surface area contributed by atoms with Crippen LogP contribution < -0.4 is 21.3 Å². The fourth-order valence-corrected chi connectivity index (χ4v) is 5.50. The Hall–Kier alpha value is -8.33. The summed E-state index contributed by atoms with van der Waals surface area (Å²) in [6.45, 7) is 0.117. The van der Waals surface area contributed by atoms with E-state index in [0.717, 1.165) is 0 Å². The molecule has 7 rings (SSSR count). The van der Waals surface area contributed by atoms with E-state index in [2.05, 4.69) is 41.9 Å². The van der Waals surface area contributed by atoms with Gasteiger partial charge in [-0.05, 0) is 48.5 Å². The molecule has 21 nitrogen and oxygen atoms in total. The van der Waals surface area contributed by atoms with Crippen LogP contribution >= 0.6 is 0 Å². The van der Waals surface area contributed by atoms with Gasteiger partial charge in [0, 0.05) is 36.7 Å². The summed E-state index contributed by atoms with van der Waals surface area (Å²) in [5.41, 5.74) is 7.65. The number of benzene rings is 3. The highest BCUT2D eigenvalue weighted by Crippen LogP contribution is 2.29. The van der Waals surface area contributed by atoms with Crippen molar-refractivity contribution >= 4 is 35.2 Å². The van der Waals surface area contributed by atoms with Crippen molar-refractivity contribution < 1.29 is 49.8 Å². The van der Waals surface area contributed by atoms with Gasteiger partial charge in [0.25, 0.3) is 5.91 Å². The Kier molecular flexibility index (Phi) is 9.39. The predicted octanol–water partition coefficient (Wildman–Crippen LogP) is 1.92. The molecule has 0 spiro atoms. The van der Waals surface area contributed by atoms with Gasteiger partial charge in [-0.3, -0.25) is 15.2 Å². The van der Waals surface area contributed by atoms with Crippen LogP contribution in [0.4, 0.5) is 5.69 Å². The molecule has 4 heterocycles. The molecule has 0 unspecified atom stereocenters. The topological polar surface area (TPSA) is 303 Å². The molecule has 56 heavy (non-hydrogen) atoms. The lowest BCUT2D eigenvalue weighted by atomic mass is 10.1. The summed E-state index contributed by atoms with van der Waals surface area (Å²) in [4.78, 5) is 52.2. The zero-order valence-electron chi connectivity index (χ0n) is 28.4. The van der Waals surface area contributed by atoms with Crippen molar-refractivity contribution in [1.82, 2.24) is 51.2 Å². The number of aromatic carboxylic acids is 3. The molecule has 6 aromatic rings. The molecule has 0 saturated heterocycles.